The van der Waals surface area contributed by atoms with Crippen LogP contribution in [0, 0.1) is 16.7 Å². The molecule has 1 saturated heterocycles. The SMILES string of the molecule is CC(C)(C)OC(=O)NCC(=O)NC1CC2CCC1(CS(=O)(=O)N1CCC3(CCc4ccccc43)CC1)C2(C)C. The Morgan fingerprint density at radius 1 is 1.08 bits per heavy atom. The molecule has 8 nitrogen and oxygen atoms in total. The van der Waals surface area contributed by atoms with Crippen molar-refractivity contribution in [3.63, 3.8) is 0 Å². The van der Waals surface area contributed by atoms with E-state index in [0.717, 1.165) is 44.9 Å². The summed E-state index contributed by atoms with van der Waals surface area (Å²) >= 11 is 0. The lowest BCUT2D eigenvalue weighted by atomic mass is 9.69. The molecule has 216 valence electrons. The largest absolute Gasteiger partial charge is 0.444 e. The Kier molecular flexibility index (Phi) is 7.10. The van der Waals surface area contributed by atoms with Crippen LogP contribution in [0.1, 0.15) is 84.3 Å². The maximum atomic E-state index is 14.0. The first-order valence-electron chi connectivity index (χ1n) is 14.5. The second-order valence-corrected chi connectivity index (χ2v) is 15.9. The molecule has 1 aromatic rings. The lowest BCUT2D eigenvalue weighted by Gasteiger charge is -2.45. The lowest BCUT2D eigenvalue weighted by Crippen LogP contribution is -2.56. The Bertz CT molecular complexity index is 1230. The van der Waals surface area contributed by atoms with E-state index in [-0.39, 0.29) is 35.1 Å². The van der Waals surface area contributed by atoms with E-state index >= 15 is 0 Å². The fourth-order valence-electron chi connectivity index (χ4n) is 8.23. The number of hydrogen-bond acceptors (Lipinski definition) is 5. The first kappa shape index (κ1) is 28.4. The van der Waals surface area contributed by atoms with Crippen molar-refractivity contribution in [1.82, 2.24) is 14.9 Å². The number of hydrogen-bond donors (Lipinski definition) is 2. The molecule has 1 aliphatic heterocycles. The summed E-state index contributed by atoms with van der Waals surface area (Å²) < 4.78 is 34.9. The van der Waals surface area contributed by atoms with E-state index in [4.69, 9.17) is 4.74 Å². The average molecular weight is 560 g/mol. The molecular formula is C30H45N3O5S. The van der Waals surface area contributed by atoms with Gasteiger partial charge in [-0.05, 0) is 93.6 Å². The van der Waals surface area contributed by atoms with Gasteiger partial charge in [-0.25, -0.2) is 17.5 Å². The van der Waals surface area contributed by atoms with Gasteiger partial charge in [-0.15, -0.1) is 0 Å². The van der Waals surface area contributed by atoms with Gasteiger partial charge in [-0.3, -0.25) is 4.79 Å². The van der Waals surface area contributed by atoms with E-state index in [1.807, 2.05) is 0 Å². The molecule has 3 fully saturated rings. The number of amides is 2. The molecule has 0 aromatic heterocycles. The number of alkyl carbamates (subject to hydrolysis) is 1. The zero-order valence-electron chi connectivity index (χ0n) is 24.1. The van der Waals surface area contributed by atoms with Crippen molar-refractivity contribution in [3.8, 4) is 0 Å². The molecule has 1 aromatic carbocycles. The molecule has 0 radical (unpaired) electrons. The van der Waals surface area contributed by atoms with Crippen LogP contribution in [-0.4, -0.2) is 61.8 Å². The summed E-state index contributed by atoms with van der Waals surface area (Å²) in [6.07, 6.45) is 5.77. The van der Waals surface area contributed by atoms with Crippen molar-refractivity contribution in [2.24, 2.45) is 16.7 Å². The lowest BCUT2D eigenvalue weighted by molar-refractivity contribution is -0.122. The molecule has 3 atom stereocenters. The first-order valence-corrected chi connectivity index (χ1v) is 16.1. The summed E-state index contributed by atoms with van der Waals surface area (Å²) in [7, 11) is -3.53. The number of piperidine rings is 1. The van der Waals surface area contributed by atoms with Gasteiger partial charge in [0.1, 0.15) is 12.1 Å². The van der Waals surface area contributed by atoms with Crippen LogP contribution in [0.4, 0.5) is 4.79 Å². The highest BCUT2D eigenvalue weighted by molar-refractivity contribution is 7.89. The van der Waals surface area contributed by atoms with Gasteiger partial charge in [0.25, 0.3) is 0 Å². The van der Waals surface area contributed by atoms with Crippen LogP contribution in [0.25, 0.3) is 0 Å². The zero-order valence-corrected chi connectivity index (χ0v) is 25.0. The quantitative estimate of drug-likeness (QED) is 0.545. The second-order valence-electron chi connectivity index (χ2n) is 13.9. The van der Waals surface area contributed by atoms with Crippen molar-refractivity contribution in [2.75, 3.05) is 25.4 Å². The fraction of sp³-hybridized carbons (Fsp3) is 0.733. The minimum atomic E-state index is -3.53. The van der Waals surface area contributed by atoms with Crippen molar-refractivity contribution < 1.29 is 22.7 Å². The van der Waals surface area contributed by atoms with Gasteiger partial charge in [-0.2, -0.15) is 0 Å². The third-order valence-electron chi connectivity index (χ3n) is 10.5. The Morgan fingerprint density at radius 3 is 2.44 bits per heavy atom. The third-order valence-corrected chi connectivity index (χ3v) is 12.6. The minimum absolute atomic E-state index is 0.0531. The van der Waals surface area contributed by atoms with E-state index in [2.05, 4.69) is 48.7 Å². The Labute approximate surface area is 233 Å². The molecular weight excluding hydrogens is 514 g/mol. The number of nitrogens with one attached hydrogen (secondary N) is 2. The van der Waals surface area contributed by atoms with Gasteiger partial charge in [0.15, 0.2) is 0 Å². The van der Waals surface area contributed by atoms with Crippen LogP contribution in [-0.2, 0) is 31.4 Å². The highest BCUT2D eigenvalue weighted by atomic mass is 32.2. The van der Waals surface area contributed by atoms with Gasteiger partial charge in [0.2, 0.25) is 15.9 Å². The monoisotopic (exact) mass is 559 g/mol. The number of rotatable bonds is 6. The molecule has 2 N–H and O–H groups in total. The normalized spacial score (nSPS) is 29.3. The third kappa shape index (κ3) is 5.09. The second kappa shape index (κ2) is 9.75. The molecule has 2 bridgehead atoms. The zero-order chi connectivity index (χ0) is 28.3. The van der Waals surface area contributed by atoms with E-state index in [1.54, 1.807) is 25.1 Å². The van der Waals surface area contributed by atoms with Gasteiger partial charge in [0.05, 0.1) is 5.75 Å². The van der Waals surface area contributed by atoms with Gasteiger partial charge in [0, 0.05) is 24.5 Å². The summed E-state index contributed by atoms with van der Waals surface area (Å²) in [4.78, 5) is 24.9. The van der Waals surface area contributed by atoms with Crippen LogP contribution in [0.15, 0.2) is 24.3 Å². The fourth-order valence-corrected chi connectivity index (χ4v) is 10.5. The first-order chi connectivity index (χ1) is 18.2. The summed E-state index contributed by atoms with van der Waals surface area (Å²) in [6.45, 7) is 10.5. The van der Waals surface area contributed by atoms with Crippen LogP contribution < -0.4 is 10.6 Å². The summed E-state index contributed by atoms with van der Waals surface area (Å²) in [5.74, 6) is 0.0968. The average Bonchev–Trinajstić information content (AvgIpc) is 3.38. The van der Waals surface area contributed by atoms with E-state index in [0.29, 0.717) is 19.0 Å². The standard InChI is InChI=1S/C30H45N3O5S/c1-27(2,3)38-26(35)31-19-25(34)32-24-18-22-11-13-30(24,28(22,4)5)20-39(36,37)33-16-14-29(15-17-33)12-10-21-8-6-7-9-23(21)29/h6-9,22,24H,10-20H2,1-5H3,(H,31,35)(H,32,34). The van der Waals surface area contributed by atoms with Crippen LogP contribution in [0.2, 0.25) is 0 Å². The van der Waals surface area contributed by atoms with Crippen molar-refractivity contribution >= 4 is 22.0 Å². The van der Waals surface area contributed by atoms with Gasteiger partial charge < -0.3 is 15.4 Å². The van der Waals surface area contributed by atoms with E-state index < -0.39 is 27.1 Å². The topological polar surface area (TPSA) is 105 Å². The maximum absolute atomic E-state index is 14.0. The molecule has 2 amide bonds. The van der Waals surface area contributed by atoms with Crippen LogP contribution >= 0.6 is 0 Å². The molecule has 2 saturated carbocycles. The molecule has 3 aliphatic carbocycles. The Balaban J connectivity index is 1.26. The summed E-state index contributed by atoms with van der Waals surface area (Å²) in [6, 6.07) is 8.40. The minimum Gasteiger partial charge on any atom is -0.444 e. The predicted octanol–water partition coefficient (Wildman–Crippen LogP) is 4.13. The molecule has 3 unspecified atom stereocenters. The number of ether oxygens (including phenoxy) is 1. The summed E-state index contributed by atoms with van der Waals surface area (Å²) in [5, 5.41) is 5.63. The Morgan fingerprint density at radius 2 is 1.77 bits per heavy atom. The van der Waals surface area contributed by atoms with E-state index in [9.17, 15) is 18.0 Å². The molecule has 39 heavy (non-hydrogen) atoms. The van der Waals surface area contributed by atoms with Crippen molar-refractivity contribution in [1.29, 1.82) is 0 Å². The van der Waals surface area contributed by atoms with Crippen LogP contribution in [0.3, 0.4) is 0 Å². The molecule has 1 spiro atoms. The number of benzene rings is 1. The van der Waals surface area contributed by atoms with Gasteiger partial charge in [-0.1, -0.05) is 38.1 Å². The number of carbonyl (C=O) groups is 2. The van der Waals surface area contributed by atoms with Crippen molar-refractivity contribution in [2.45, 2.75) is 96.6 Å². The van der Waals surface area contributed by atoms with E-state index in [1.165, 1.54) is 11.1 Å². The number of fused-ring (bicyclic) bond motifs is 4. The van der Waals surface area contributed by atoms with Crippen LogP contribution in [0.5, 0.6) is 0 Å². The molecule has 1 heterocycles. The molecule has 4 aliphatic rings. The smallest absolute Gasteiger partial charge is 0.408 e. The highest BCUT2D eigenvalue weighted by Crippen LogP contribution is 2.66. The Hall–Kier alpha value is -2.13. The maximum Gasteiger partial charge on any atom is 0.408 e. The molecule has 9 heteroatoms. The highest BCUT2D eigenvalue weighted by Gasteiger charge is 2.66. The predicted molar refractivity (Wildman–Crippen MR) is 151 cm³/mol. The van der Waals surface area contributed by atoms with Gasteiger partial charge >= 0.3 is 6.09 Å². The number of carbonyl (C=O) groups excluding carboxylic acids is 2. The molecule has 5 rings (SSSR count). The number of nitrogens with zero attached hydrogens (tertiary/aromatic N) is 1. The number of sulfonamides is 1. The number of aryl methyl sites for hydroxylation is 1. The summed E-state index contributed by atoms with van der Waals surface area (Å²) in [5.41, 5.74) is 1.54. The van der Waals surface area contributed by atoms with Crippen molar-refractivity contribution in [3.05, 3.63) is 35.4 Å².